The van der Waals surface area contributed by atoms with Crippen LogP contribution in [0.4, 0.5) is 11.6 Å². The lowest BCUT2D eigenvalue weighted by Crippen LogP contribution is -2.23. The molecule has 4 N–H and O–H groups in total. The summed E-state index contributed by atoms with van der Waals surface area (Å²) in [4.78, 5) is 8.67. The molecule has 7 nitrogen and oxygen atoms in total. The molecule has 162 valence electrons. The Hall–Kier alpha value is -3.87. The third-order valence-corrected chi connectivity index (χ3v) is 5.88. The Morgan fingerprint density at radius 3 is 2.66 bits per heavy atom. The molecule has 0 atom stereocenters. The summed E-state index contributed by atoms with van der Waals surface area (Å²) in [5.41, 5.74) is 9.41. The van der Waals surface area contributed by atoms with E-state index in [4.69, 9.17) is 10.7 Å². The average Bonchev–Trinajstić information content (AvgIpc) is 3.45. The van der Waals surface area contributed by atoms with Gasteiger partial charge in [0.2, 0.25) is 0 Å². The van der Waals surface area contributed by atoms with E-state index in [0.717, 1.165) is 33.6 Å². The van der Waals surface area contributed by atoms with Crippen molar-refractivity contribution in [3.63, 3.8) is 0 Å². The van der Waals surface area contributed by atoms with E-state index < -0.39 is 0 Å². The van der Waals surface area contributed by atoms with Crippen LogP contribution < -0.4 is 11.1 Å². The van der Waals surface area contributed by atoms with E-state index in [1.165, 1.54) is 32.1 Å². The summed E-state index contributed by atoms with van der Waals surface area (Å²) in [6, 6.07) is 18.5. The van der Waals surface area contributed by atoms with E-state index in [9.17, 15) is 0 Å². The minimum Gasteiger partial charge on any atom is -0.384 e. The largest absolute Gasteiger partial charge is 0.384 e. The lowest BCUT2D eigenvalue weighted by molar-refractivity contribution is 0.462. The normalized spacial score (nSPS) is 14.2. The lowest BCUT2D eigenvalue weighted by Gasteiger charge is -2.24. The van der Waals surface area contributed by atoms with Crippen molar-refractivity contribution >= 4 is 28.2 Å². The van der Waals surface area contributed by atoms with E-state index in [1.807, 2.05) is 24.4 Å². The van der Waals surface area contributed by atoms with E-state index in [0.29, 0.717) is 11.9 Å². The van der Waals surface area contributed by atoms with Crippen molar-refractivity contribution in [3.8, 4) is 11.3 Å². The standard InChI is InChI=1S/C20H21N5.C5H6N2/c1-2-6-16(7-3-1)22-20-19(23-18-8-4-5-11-25(18)20)14-9-10-17-15(12-14)13-21-24-17;6-5-3-1-2-4-7-5/h4-5,8-13,16,22H,1-3,6-7H2,(H,21,24);1-4H,(H2,6,7). The SMILES string of the molecule is Nc1ccccn1.c1ccn2c(NC3CCCCC3)c(-c3ccc4[nH]ncc4c3)nc2c1. The highest BCUT2D eigenvalue weighted by molar-refractivity contribution is 5.86. The van der Waals surface area contributed by atoms with Gasteiger partial charge in [0.25, 0.3) is 0 Å². The van der Waals surface area contributed by atoms with Gasteiger partial charge in [0.05, 0.1) is 11.7 Å². The van der Waals surface area contributed by atoms with Crippen LogP contribution in [0.2, 0.25) is 0 Å². The number of nitrogens with one attached hydrogen (secondary N) is 2. The number of rotatable bonds is 3. The summed E-state index contributed by atoms with van der Waals surface area (Å²) < 4.78 is 2.17. The predicted octanol–water partition coefficient (Wildman–Crippen LogP) is 5.29. The number of hydrogen-bond acceptors (Lipinski definition) is 5. The average molecular weight is 426 g/mol. The van der Waals surface area contributed by atoms with Crippen LogP contribution in [0.1, 0.15) is 32.1 Å². The van der Waals surface area contributed by atoms with E-state index >= 15 is 0 Å². The van der Waals surface area contributed by atoms with Crippen molar-refractivity contribution in [3.05, 3.63) is 73.2 Å². The number of benzene rings is 1. The molecule has 1 saturated carbocycles. The number of imidazole rings is 1. The van der Waals surface area contributed by atoms with Crippen LogP contribution in [0.25, 0.3) is 27.8 Å². The number of pyridine rings is 2. The number of H-pyrrole nitrogens is 1. The van der Waals surface area contributed by atoms with Gasteiger partial charge in [0.15, 0.2) is 0 Å². The molecular weight excluding hydrogens is 398 g/mol. The summed E-state index contributed by atoms with van der Waals surface area (Å²) in [5, 5.41) is 12.0. The first-order valence-electron chi connectivity index (χ1n) is 11.1. The zero-order valence-electron chi connectivity index (χ0n) is 17.9. The highest BCUT2D eigenvalue weighted by atomic mass is 15.1. The van der Waals surface area contributed by atoms with Crippen molar-refractivity contribution in [1.82, 2.24) is 24.6 Å². The minimum absolute atomic E-state index is 0.533. The van der Waals surface area contributed by atoms with Crippen LogP contribution >= 0.6 is 0 Å². The molecule has 0 radical (unpaired) electrons. The lowest BCUT2D eigenvalue weighted by atomic mass is 9.95. The molecule has 0 spiro atoms. The molecule has 1 fully saturated rings. The van der Waals surface area contributed by atoms with Crippen LogP contribution in [0.15, 0.2) is 73.2 Å². The van der Waals surface area contributed by atoms with Crippen LogP contribution in [0, 0.1) is 0 Å². The first-order valence-corrected chi connectivity index (χ1v) is 11.1. The Balaban J connectivity index is 0.000000265. The fourth-order valence-corrected chi connectivity index (χ4v) is 4.24. The van der Waals surface area contributed by atoms with Crippen LogP contribution in [-0.2, 0) is 0 Å². The second kappa shape index (κ2) is 9.09. The van der Waals surface area contributed by atoms with Gasteiger partial charge in [-0.05, 0) is 49.2 Å². The number of hydrogen-bond donors (Lipinski definition) is 3. The first kappa shape index (κ1) is 20.1. The second-order valence-corrected chi connectivity index (χ2v) is 8.14. The monoisotopic (exact) mass is 425 g/mol. The summed E-state index contributed by atoms with van der Waals surface area (Å²) in [6.07, 6.45) is 12.1. The minimum atomic E-state index is 0.533. The zero-order valence-corrected chi connectivity index (χ0v) is 17.9. The quantitative estimate of drug-likeness (QED) is 0.365. The number of nitrogens with two attached hydrogens (primary N) is 1. The van der Waals surface area contributed by atoms with E-state index in [1.54, 1.807) is 12.3 Å². The molecule has 5 aromatic rings. The molecule has 0 unspecified atom stereocenters. The Labute approximate surface area is 186 Å². The van der Waals surface area contributed by atoms with E-state index in [-0.39, 0.29) is 0 Å². The highest BCUT2D eigenvalue weighted by Gasteiger charge is 2.19. The molecule has 0 saturated heterocycles. The fraction of sp³-hybridized carbons (Fsp3) is 0.240. The van der Waals surface area contributed by atoms with Gasteiger partial charge in [-0.3, -0.25) is 9.50 Å². The summed E-state index contributed by atoms with van der Waals surface area (Å²) in [6.45, 7) is 0. The smallest absolute Gasteiger partial charge is 0.139 e. The maximum Gasteiger partial charge on any atom is 0.139 e. The molecule has 1 aromatic carbocycles. The molecule has 4 aromatic heterocycles. The third-order valence-electron chi connectivity index (χ3n) is 5.88. The van der Waals surface area contributed by atoms with Crippen LogP contribution in [0.5, 0.6) is 0 Å². The Morgan fingerprint density at radius 1 is 1.00 bits per heavy atom. The van der Waals surface area contributed by atoms with E-state index in [2.05, 4.69) is 61.4 Å². The molecule has 0 aliphatic heterocycles. The molecule has 1 aliphatic carbocycles. The zero-order chi connectivity index (χ0) is 21.8. The predicted molar refractivity (Wildman–Crippen MR) is 129 cm³/mol. The molecular formula is C25H27N7. The van der Waals surface area contributed by atoms with Gasteiger partial charge in [-0.1, -0.05) is 37.5 Å². The molecule has 4 heterocycles. The number of nitrogen functional groups attached to an aromatic ring is 1. The number of nitrogens with zero attached hydrogens (tertiary/aromatic N) is 4. The maximum atomic E-state index is 5.25. The molecule has 7 heteroatoms. The molecule has 0 bridgehead atoms. The Kier molecular flexibility index (Phi) is 5.70. The number of aromatic amines is 1. The first-order chi connectivity index (χ1) is 15.8. The van der Waals surface area contributed by atoms with Gasteiger partial charge in [-0.2, -0.15) is 5.10 Å². The second-order valence-electron chi connectivity index (χ2n) is 8.14. The Morgan fingerprint density at radius 2 is 1.88 bits per heavy atom. The highest BCUT2D eigenvalue weighted by Crippen LogP contribution is 2.32. The third kappa shape index (κ3) is 4.27. The van der Waals surface area contributed by atoms with Crippen LogP contribution in [-0.4, -0.2) is 30.6 Å². The Bertz CT molecular complexity index is 1300. The van der Waals surface area contributed by atoms with Crippen molar-refractivity contribution < 1.29 is 0 Å². The van der Waals surface area contributed by atoms with Crippen LogP contribution in [0.3, 0.4) is 0 Å². The molecule has 6 rings (SSSR count). The molecule has 1 aliphatic rings. The number of aromatic nitrogens is 5. The summed E-state index contributed by atoms with van der Waals surface area (Å²) in [5.74, 6) is 1.67. The van der Waals surface area contributed by atoms with Crippen molar-refractivity contribution in [2.45, 2.75) is 38.1 Å². The topological polar surface area (TPSA) is 96.9 Å². The van der Waals surface area contributed by atoms with Crippen molar-refractivity contribution in [2.75, 3.05) is 11.1 Å². The maximum absolute atomic E-state index is 5.25. The van der Waals surface area contributed by atoms with Gasteiger partial charge < -0.3 is 11.1 Å². The number of fused-ring (bicyclic) bond motifs is 2. The van der Waals surface area contributed by atoms with Crippen molar-refractivity contribution in [1.29, 1.82) is 0 Å². The van der Waals surface area contributed by atoms with Gasteiger partial charge >= 0.3 is 0 Å². The molecule has 32 heavy (non-hydrogen) atoms. The fourth-order valence-electron chi connectivity index (χ4n) is 4.24. The van der Waals surface area contributed by atoms with Gasteiger partial charge in [-0.25, -0.2) is 9.97 Å². The molecule has 0 amide bonds. The van der Waals surface area contributed by atoms with Crippen molar-refractivity contribution in [2.24, 2.45) is 0 Å². The van der Waals surface area contributed by atoms with Gasteiger partial charge in [0.1, 0.15) is 23.0 Å². The summed E-state index contributed by atoms with van der Waals surface area (Å²) >= 11 is 0. The summed E-state index contributed by atoms with van der Waals surface area (Å²) in [7, 11) is 0. The van der Waals surface area contributed by atoms with Gasteiger partial charge in [0, 0.05) is 29.4 Å². The van der Waals surface area contributed by atoms with Gasteiger partial charge in [-0.15, -0.1) is 0 Å². The number of anilines is 2.